The Bertz CT molecular complexity index is 228. The van der Waals surface area contributed by atoms with Crippen molar-refractivity contribution in [3.05, 3.63) is 0 Å². The molecule has 0 amide bonds. The van der Waals surface area contributed by atoms with Crippen molar-refractivity contribution in [1.82, 2.24) is 5.32 Å². The topological polar surface area (TPSA) is 32.3 Å². The number of nitrogens with one attached hydrogen (secondary N) is 1. The van der Waals surface area contributed by atoms with Gasteiger partial charge < -0.3 is 10.4 Å². The summed E-state index contributed by atoms with van der Waals surface area (Å²) in [4.78, 5) is 0. The lowest BCUT2D eigenvalue weighted by molar-refractivity contribution is 0.176. The molecule has 2 heteroatoms. The fourth-order valence-electron chi connectivity index (χ4n) is 3.49. The van der Waals surface area contributed by atoms with Crippen LogP contribution in [0.15, 0.2) is 0 Å². The molecule has 0 aliphatic rings. The van der Waals surface area contributed by atoms with Crippen molar-refractivity contribution < 1.29 is 5.11 Å². The second kappa shape index (κ2) is 16.8. The van der Waals surface area contributed by atoms with Crippen LogP contribution in [-0.2, 0) is 0 Å². The molecule has 0 aliphatic heterocycles. The molecule has 0 unspecified atom stereocenters. The number of unbranched alkanes of at least 4 members (excludes halogenated alkanes) is 11. The van der Waals surface area contributed by atoms with Crippen LogP contribution in [-0.4, -0.2) is 24.8 Å². The van der Waals surface area contributed by atoms with E-state index in [-0.39, 0.29) is 12.6 Å². The fourth-order valence-corrected chi connectivity index (χ4v) is 3.49. The van der Waals surface area contributed by atoms with E-state index in [1.165, 1.54) is 83.5 Å². The third kappa shape index (κ3) is 12.9. The monoisotopic (exact) mass is 327 g/mol. The van der Waals surface area contributed by atoms with Gasteiger partial charge in [-0.05, 0) is 18.9 Å². The van der Waals surface area contributed by atoms with Crippen molar-refractivity contribution in [3.63, 3.8) is 0 Å². The number of hydrogen-bond donors (Lipinski definition) is 2. The normalized spacial score (nSPS) is 15.5. The van der Waals surface area contributed by atoms with Gasteiger partial charge in [-0.2, -0.15) is 0 Å². The van der Waals surface area contributed by atoms with Gasteiger partial charge in [0.25, 0.3) is 0 Å². The van der Waals surface area contributed by atoms with Crippen LogP contribution in [0.4, 0.5) is 0 Å². The van der Waals surface area contributed by atoms with Gasteiger partial charge in [-0.15, -0.1) is 0 Å². The maximum absolute atomic E-state index is 9.36. The Morgan fingerprint density at radius 2 is 1.17 bits per heavy atom. The van der Waals surface area contributed by atoms with Crippen LogP contribution in [0, 0.1) is 11.8 Å². The number of rotatable bonds is 17. The first kappa shape index (κ1) is 22.9. The highest BCUT2D eigenvalue weighted by Crippen LogP contribution is 2.22. The van der Waals surface area contributed by atoms with E-state index in [0.717, 1.165) is 0 Å². The van der Waals surface area contributed by atoms with Crippen molar-refractivity contribution in [2.45, 2.75) is 110 Å². The van der Waals surface area contributed by atoms with E-state index < -0.39 is 0 Å². The Labute approximate surface area is 146 Å². The van der Waals surface area contributed by atoms with Crippen LogP contribution in [0.1, 0.15) is 104 Å². The highest BCUT2D eigenvalue weighted by atomic mass is 16.3. The third-order valence-electron chi connectivity index (χ3n) is 5.61. The minimum Gasteiger partial charge on any atom is -0.395 e. The van der Waals surface area contributed by atoms with E-state index in [2.05, 4.69) is 26.1 Å². The molecular formula is C21H45NO. The highest BCUT2D eigenvalue weighted by molar-refractivity contribution is 4.75. The van der Waals surface area contributed by atoms with E-state index in [1.54, 1.807) is 0 Å². The molecule has 2 N–H and O–H groups in total. The lowest BCUT2D eigenvalue weighted by atomic mass is 9.85. The summed E-state index contributed by atoms with van der Waals surface area (Å²) in [6.07, 6.45) is 18.3. The zero-order valence-electron chi connectivity index (χ0n) is 16.6. The van der Waals surface area contributed by atoms with Crippen LogP contribution >= 0.6 is 0 Å². The van der Waals surface area contributed by atoms with Gasteiger partial charge in [0.1, 0.15) is 0 Å². The molecule has 0 aromatic heterocycles. The van der Waals surface area contributed by atoms with E-state index >= 15 is 0 Å². The maximum atomic E-state index is 9.36. The lowest BCUT2D eigenvalue weighted by Crippen LogP contribution is -2.38. The summed E-state index contributed by atoms with van der Waals surface area (Å²) in [5.41, 5.74) is 0. The second-order valence-electron chi connectivity index (χ2n) is 7.59. The van der Waals surface area contributed by atoms with Crippen LogP contribution in [0.2, 0.25) is 0 Å². The standard InChI is InChI=1S/C21H45NO/c1-5-6-7-8-9-10-11-12-13-14-15-16-17-19(2)20(3)21(18-23)22-4/h19-23H,5-18H2,1-4H3/t19-,20-,21+/m1/s1. The molecule has 0 spiro atoms. The van der Waals surface area contributed by atoms with E-state index in [1.807, 2.05) is 7.05 Å². The molecule has 0 fully saturated rings. The van der Waals surface area contributed by atoms with E-state index in [9.17, 15) is 5.11 Å². The van der Waals surface area contributed by atoms with Crippen LogP contribution < -0.4 is 5.32 Å². The predicted molar refractivity (Wildman–Crippen MR) is 104 cm³/mol. The number of aliphatic hydroxyl groups is 1. The summed E-state index contributed by atoms with van der Waals surface area (Å²) in [7, 11) is 1.95. The summed E-state index contributed by atoms with van der Waals surface area (Å²) in [5, 5.41) is 12.6. The molecule has 0 rings (SSSR count). The molecule has 0 bridgehead atoms. The molecule has 0 aliphatic carbocycles. The zero-order chi connectivity index (χ0) is 17.3. The minimum absolute atomic E-state index is 0.250. The average Bonchev–Trinajstić information content (AvgIpc) is 2.56. The summed E-state index contributed by atoms with van der Waals surface area (Å²) < 4.78 is 0. The van der Waals surface area contributed by atoms with E-state index in [4.69, 9.17) is 0 Å². The highest BCUT2D eigenvalue weighted by Gasteiger charge is 2.20. The Morgan fingerprint density at radius 3 is 1.57 bits per heavy atom. The summed E-state index contributed by atoms with van der Waals surface area (Å²) >= 11 is 0. The fraction of sp³-hybridized carbons (Fsp3) is 1.00. The largest absolute Gasteiger partial charge is 0.395 e. The van der Waals surface area contributed by atoms with Gasteiger partial charge in [0.15, 0.2) is 0 Å². The Morgan fingerprint density at radius 1 is 0.739 bits per heavy atom. The van der Waals surface area contributed by atoms with Gasteiger partial charge >= 0.3 is 0 Å². The Balaban J connectivity index is 3.35. The van der Waals surface area contributed by atoms with Gasteiger partial charge in [-0.1, -0.05) is 104 Å². The van der Waals surface area contributed by atoms with Gasteiger partial charge in [-0.3, -0.25) is 0 Å². The molecule has 0 aromatic carbocycles. The molecular weight excluding hydrogens is 282 g/mol. The van der Waals surface area contributed by atoms with Crippen molar-refractivity contribution >= 4 is 0 Å². The molecule has 2 nitrogen and oxygen atoms in total. The van der Waals surface area contributed by atoms with Crippen LogP contribution in [0.3, 0.4) is 0 Å². The first-order valence-electron chi connectivity index (χ1n) is 10.4. The first-order chi connectivity index (χ1) is 11.2. The quantitative estimate of drug-likeness (QED) is 0.324. The van der Waals surface area contributed by atoms with Crippen LogP contribution in [0.5, 0.6) is 0 Å². The molecule has 0 saturated carbocycles. The summed E-state index contributed by atoms with van der Waals surface area (Å²) in [6.45, 7) is 7.14. The predicted octanol–water partition coefficient (Wildman–Crippen LogP) is 5.93. The van der Waals surface area contributed by atoms with Crippen molar-refractivity contribution in [2.75, 3.05) is 13.7 Å². The first-order valence-corrected chi connectivity index (χ1v) is 10.4. The third-order valence-corrected chi connectivity index (χ3v) is 5.61. The minimum atomic E-state index is 0.250. The zero-order valence-corrected chi connectivity index (χ0v) is 16.6. The number of likely N-dealkylation sites (N-methyl/N-ethyl adjacent to an activating group) is 1. The van der Waals surface area contributed by atoms with Gasteiger partial charge in [0, 0.05) is 6.04 Å². The second-order valence-corrected chi connectivity index (χ2v) is 7.59. The Kier molecular flexibility index (Phi) is 16.7. The summed E-state index contributed by atoms with van der Waals surface area (Å²) in [6, 6.07) is 0.252. The van der Waals surface area contributed by atoms with Gasteiger partial charge in [0.05, 0.1) is 6.61 Å². The van der Waals surface area contributed by atoms with Crippen molar-refractivity contribution in [1.29, 1.82) is 0 Å². The van der Waals surface area contributed by atoms with Gasteiger partial charge in [0.2, 0.25) is 0 Å². The number of aliphatic hydroxyl groups excluding tert-OH is 1. The molecule has 23 heavy (non-hydrogen) atoms. The van der Waals surface area contributed by atoms with Crippen molar-refractivity contribution in [3.8, 4) is 0 Å². The number of hydrogen-bond acceptors (Lipinski definition) is 2. The molecule has 0 aromatic rings. The maximum Gasteiger partial charge on any atom is 0.0587 e. The molecule has 0 heterocycles. The summed E-state index contributed by atoms with van der Waals surface area (Å²) in [5.74, 6) is 1.25. The van der Waals surface area contributed by atoms with E-state index in [0.29, 0.717) is 11.8 Å². The van der Waals surface area contributed by atoms with Crippen LogP contribution in [0.25, 0.3) is 0 Å². The molecule has 0 saturated heterocycles. The molecule has 140 valence electrons. The SMILES string of the molecule is CCCCCCCCCCCCCC[C@@H](C)[C@@H](C)[C@H](CO)NC. The molecule has 3 atom stereocenters. The lowest BCUT2D eigenvalue weighted by Gasteiger charge is -2.27. The van der Waals surface area contributed by atoms with Crippen molar-refractivity contribution in [2.24, 2.45) is 11.8 Å². The smallest absolute Gasteiger partial charge is 0.0587 e. The van der Waals surface area contributed by atoms with Gasteiger partial charge in [-0.25, -0.2) is 0 Å². The Hall–Kier alpha value is -0.0800. The molecule has 0 radical (unpaired) electrons. The average molecular weight is 328 g/mol.